The quantitative estimate of drug-likeness (QED) is 0.0197. The standard InChI is InChI=1S/C58H93O11P/c1-4-7-10-13-16-19-21-23-25-26-27-28-30-32-34-37-40-43-46-49-58(62)69-55(51-65-56(60)47-44-41-38-36-33-31-29-24-22-20-17-14-11-8-5-2)53-67-70(63,64)66-52-54(50-59)68-57(61)48-45-42-39-35-18-15-12-9-6-3/h7-8,10-11,16-17,19-20,23-25,27-29,32-34,36,40,43,54-55,59H,4-6,9,12-15,18,21-22,26,30-31,35,37-39,41-42,44-53H2,1-3H3,(H,63,64)/b10-7-,11-8-,19-16-,20-17-,25-23-,28-27-,29-24-,34-32-,36-33-,43-40-. The lowest BCUT2D eigenvalue weighted by atomic mass is 10.1. The molecule has 0 amide bonds. The van der Waals surface area contributed by atoms with Crippen molar-refractivity contribution < 1.29 is 52.2 Å². The van der Waals surface area contributed by atoms with Crippen LogP contribution >= 0.6 is 7.82 Å². The van der Waals surface area contributed by atoms with Crippen molar-refractivity contribution in [3.8, 4) is 0 Å². The van der Waals surface area contributed by atoms with Crippen molar-refractivity contribution in [1.82, 2.24) is 0 Å². The molecule has 2 N–H and O–H groups in total. The Kier molecular flexibility index (Phi) is 48.2. The van der Waals surface area contributed by atoms with Crippen molar-refractivity contribution in [2.24, 2.45) is 0 Å². The van der Waals surface area contributed by atoms with Gasteiger partial charge in [-0.25, -0.2) is 4.57 Å². The molecule has 3 unspecified atom stereocenters. The van der Waals surface area contributed by atoms with Gasteiger partial charge in [0.2, 0.25) is 0 Å². The van der Waals surface area contributed by atoms with Crippen molar-refractivity contribution >= 4 is 25.7 Å². The Hall–Kier alpha value is -4.12. The molecule has 0 fully saturated rings. The molecular weight excluding hydrogens is 904 g/mol. The molecule has 3 atom stereocenters. The average Bonchev–Trinajstić information content (AvgIpc) is 3.35. The summed E-state index contributed by atoms with van der Waals surface area (Å²) in [5.41, 5.74) is 0. The minimum atomic E-state index is -4.77. The van der Waals surface area contributed by atoms with Crippen LogP contribution in [0, 0.1) is 0 Å². The monoisotopic (exact) mass is 997 g/mol. The van der Waals surface area contributed by atoms with E-state index in [1.54, 1.807) is 0 Å². The summed E-state index contributed by atoms with van der Waals surface area (Å²) in [5, 5.41) is 9.75. The first-order chi connectivity index (χ1) is 34.2. The second-order valence-corrected chi connectivity index (χ2v) is 18.4. The molecule has 0 aromatic heterocycles. The summed E-state index contributed by atoms with van der Waals surface area (Å²) in [6.45, 7) is 4.22. The zero-order valence-electron chi connectivity index (χ0n) is 43.4. The number of esters is 3. The van der Waals surface area contributed by atoms with Crippen molar-refractivity contribution in [1.29, 1.82) is 0 Å². The van der Waals surface area contributed by atoms with E-state index in [1.165, 1.54) is 32.1 Å². The van der Waals surface area contributed by atoms with E-state index < -0.39 is 64.4 Å². The maximum absolute atomic E-state index is 12.8. The Morgan fingerprint density at radius 2 is 0.771 bits per heavy atom. The fraction of sp³-hybridized carbons (Fsp3) is 0.603. The molecule has 396 valence electrons. The number of unbranched alkanes of at least 4 members (excludes halogenated alkanes) is 10. The molecule has 0 saturated carbocycles. The largest absolute Gasteiger partial charge is 0.472 e. The maximum Gasteiger partial charge on any atom is 0.472 e. The van der Waals surface area contributed by atoms with Crippen LogP contribution in [0.1, 0.15) is 188 Å². The predicted octanol–water partition coefficient (Wildman–Crippen LogP) is 15.2. The van der Waals surface area contributed by atoms with E-state index >= 15 is 0 Å². The highest BCUT2D eigenvalue weighted by atomic mass is 31.2. The van der Waals surface area contributed by atoms with Gasteiger partial charge in [0.25, 0.3) is 0 Å². The molecule has 0 spiro atoms. The van der Waals surface area contributed by atoms with Crippen LogP contribution in [0.5, 0.6) is 0 Å². The number of carbonyl (C=O) groups excluding carboxylic acids is 3. The van der Waals surface area contributed by atoms with Crippen LogP contribution in [0.15, 0.2) is 122 Å². The summed E-state index contributed by atoms with van der Waals surface area (Å²) in [6.07, 6.45) is 62.0. The van der Waals surface area contributed by atoms with E-state index in [0.717, 1.165) is 89.9 Å². The van der Waals surface area contributed by atoms with Gasteiger partial charge in [0.1, 0.15) is 12.7 Å². The van der Waals surface area contributed by atoms with Gasteiger partial charge >= 0.3 is 25.7 Å². The summed E-state index contributed by atoms with van der Waals surface area (Å²) in [7, 11) is -4.77. The topological polar surface area (TPSA) is 155 Å². The molecule has 0 aliphatic carbocycles. The van der Waals surface area contributed by atoms with Gasteiger partial charge in [0, 0.05) is 19.3 Å². The lowest BCUT2D eigenvalue weighted by Crippen LogP contribution is -2.30. The van der Waals surface area contributed by atoms with Crippen LogP contribution in [0.3, 0.4) is 0 Å². The first kappa shape index (κ1) is 65.9. The van der Waals surface area contributed by atoms with Crippen LogP contribution in [0.4, 0.5) is 0 Å². The Bertz CT molecular complexity index is 1630. The number of rotatable bonds is 47. The summed E-state index contributed by atoms with van der Waals surface area (Å²) < 4.78 is 39.2. The van der Waals surface area contributed by atoms with Crippen LogP contribution in [0.2, 0.25) is 0 Å². The zero-order valence-corrected chi connectivity index (χ0v) is 44.3. The molecule has 0 radical (unpaired) electrons. The Balaban J connectivity index is 4.94. The van der Waals surface area contributed by atoms with Gasteiger partial charge in [-0.2, -0.15) is 0 Å². The number of hydrogen-bond acceptors (Lipinski definition) is 10. The second kappa shape index (κ2) is 51.2. The molecule has 0 rings (SSSR count). The number of ether oxygens (including phenoxy) is 3. The fourth-order valence-corrected chi connectivity index (χ4v) is 7.21. The molecule has 11 nitrogen and oxygen atoms in total. The number of allylic oxidation sites excluding steroid dienone is 20. The van der Waals surface area contributed by atoms with Crippen LogP contribution < -0.4 is 0 Å². The van der Waals surface area contributed by atoms with Crippen molar-refractivity contribution in [2.45, 2.75) is 200 Å². The lowest BCUT2D eigenvalue weighted by molar-refractivity contribution is -0.161. The van der Waals surface area contributed by atoms with Crippen LogP contribution in [-0.2, 0) is 42.2 Å². The normalized spacial score (nSPS) is 14.4. The second-order valence-electron chi connectivity index (χ2n) is 16.9. The van der Waals surface area contributed by atoms with E-state index in [-0.39, 0.29) is 19.3 Å². The summed E-state index contributed by atoms with van der Waals surface area (Å²) in [4.78, 5) is 48.3. The van der Waals surface area contributed by atoms with Gasteiger partial charge in [0.05, 0.1) is 19.8 Å². The van der Waals surface area contributed by atoms with Crippen molar-refractivity contribution in [3.63, 3.8) is 0 Å². The number of aliphatic hydroxyl groups excluding tert-OH is 1. The number of phosphoric ester groups is 1. The third kappa shape index (κ3) is 48.9. The molecule has 0 aliphatic heterocycles. The first-order valence-electron chi connectivity index (χ1n) is 26.4. The highest BCUT2D eigenvalue weighted by Crippen LogP contribution is 2.43. The van der Waals surface area contributed by atoms with Gasteiger partial charge in [0.15, 0.2) is 6.10 Å². The van der Waals surface area contributed by atoms with Crippen molar-refractivity contribution in [2.75, 3.05) is 26.4 Å². The molecule has 0 heterocycles. The Morgan fingerprint density at radius 1 is 0.414 bits per heavy atom. The first-order valence-corrected chi connectivity index (χ1v) is 27.9. The van der Waals surface area contributed by atoms with E-state index in [2.05, 4.69) is 130 Å². The van der Waals surface area contributed by atoms with Crippen molar-refractivity contribution in [3.05, 3.63) is 122 Å². The maximum atomic E-state index is 12.8. The van der Waals surface area contributed by atoms with Gasteiger partial charge in [-0.3, -0.25) is 23.4 Å². The summed E-state index contributed by atoms with van der Waals surface area (Å²) >= 11 is 0. The number of phosphoric acid groups is 1. The minimum absolute atomic E-state index is 0.0276. The number of hydrogen-bond donors (Lipinski definition) is 2. The van der Waals surface area contributed by atoms with E-state index in [4.69, 9.17) is 23.3 Å². The molecule has 0 aromatic rings. The molecular formula is C58H93O11P. The SMILES string of the molecule is CC/C=C\C/C=C\C/C=C\C/C=C\C/C=C\C/C=C\CCC(=O)OC(COC(=O)CCCC/C=C\C/C=C\C/C=C\C/C=C\CC)COP(=O)(O)OCC(CO)OC(=O)CCCCCCCCCCC. The third-order valence-electron chi connectivity index (χ3n) is 10.4. The highest BCUT2D eigenvalue weighted by molar-refractivity contribution is 7.47. The van der Waals surface area contributed by atoms with E-state index in [9.17, 15) is 28.9 Å². The smallest absolute Gasteiger partial charge is 0.462 e. The molecule has 0 saturated heterocycles. The molecule has 0 aromatic carbocycles. The highest BCUT2D eigenvalue weighted by Gasteiger charge is 2.28. The Morgan fingerprint density at radius 3 is 1.23 bits per heavy atom. The van der Waals surface area contributed by atoms with Gasteiger partial charge in [-0.15, -0.1) is 0 Å². The number of carbonyl (C=O) groups is 3. The van der Waals surface area contributed by atoms with E-state index in [1.807, 2.05) is 12.2 Å². The minimum Gasteiger partial charge on any atom is -0.462 e. The molecule has 0 bridgehead atoms. The Labute approximate surface area is 424 Å². The third-order valence-corrected chi connectivity index (χ3v) is 11.3. The summed E-state index contributed by atoms with van der Waals surface area (Å²) in [5.74, 6) is -1.63. The molecule has 0 aliphatic rings. The summed E-state index contributed by atoms with van der Waals surface area (Å²) in [6, 6.07) is 0. The average molecular weight is 997 g/mol. The fourth-order valence-electron chi connectivity index (χ4n) is 6.43. The number of aliphatic hydroxyl groups is 1. The van der Waals surface area contributed by atoms with Crippen LogP contribution in [-0.4, -0.2) is 66.5 Å². The van der Waals surface area contributed by atoms with Gasteiger partial charge in [-0.1, -0.05) is 194 Å². The zero-order chi connectivity index (χ0) is 51.3. The predicted molar refractivity (Wildman–Crippen MR) is 288 cm³/mol. The van der Waals surface area contributed by atoms with Gasteiger partial charge < -0.3 is 24.2 Å². The lowest BCUT2D eigenvalue weighted by Gasteiger charge is -2.21. The van der Waals surface area contributed by atoms with Crippen LogP contribution in [0.25, 0.3) is 0 Å². The van der Waals surface area contributed by atoms with E-state index in [0.29, 0.717) is 25.7 Å². The molecule has 12 heteroatoms. The van der Waals surface area contributed by atoms with Gasteiger partial charge in [-0.05, 0) is 96.3 Å². The molecule has 70 heavy (non-hydrogen) atoms.